The molecule has 38 heavy (non-hydrogen) atoms. The lowest BCUT2D eigenvalue weighted by Gasteiger charge is -2.28. The van der Waals surface area contributed by atoms with Crippen LogP contribution in [0.4, 0.5) is 5.69 Å². The van der Waals surface area contributed by atoms with Crippen molar-refractivity contribution in [3.05, 3.63) is 108 Å². The van der Waals surface area contributed by atoms with E-state index < -0.39 is 0 Å². The Labute approximate surface area is 228 Å². The van der Waals surface area contributed by atoms with E-state index in [4.69, 9.17) is 17.0 Å². The third-order valence-corrected chi connectivity index (χ3v) is 7.29. The maximum absolute atomic E-state index is 12.8. The number of thiocarbonyl (C=S) groups is 1. The van der Waals surface area contributed by atoms with E-state index in [-0.39, 0.29) is 18.0 Å². The minimum atomic E-state index is -0.153. The molecule has 0 spiro atoms. The highest BCUT2D eigenvalue weighted by Crippen LogP contribution is 2.41. The van der Waals surface area contributed by atoms with Gasteiger partial charge in [0.1, 0.15) is 5.75 Å². The quantitative estimate of drug-likeness (QED) is 0.296. The Morgan fingerprint density at radius 1 is 1.05 bits per heavy atom. The topological polar surface area (TPSA) is 71.4 Å². The van der Waals surface area contributed by atoms with Crippen molar-refractivity contribution in [2.75, 3.05) is 19.0 Å². The number of para-hydroxylation sites is 1. The molecule has 1 saturated heterocycles. The molecule has 2 aromatic heterocycles. The molecule has 1 amide bonds. The molecule has 1 fully saturated rings. The van der Waals surface area contributed by atoms with Crippen LogP contribution in [-0.2, 0) is 4.79 Å². The Bertz CT molecular complexity index is 1440. The van der Waals surface area contributed by atoms with Gasteiger partial charge in [0.15, 0.2) is 5.11 Å². The second-order valence-corrected chi connectivity index (χ2v) is 9.73. The molecular weight excluding hydrogens is 494 g/mol. The van der Waals surface area contributed by atoms with Gasteiger partial charge in [0.2, 0.25) is 5.91 Å². The van der Waals surface area contributed by atoms with E-state index in [9.17, 15) is 4.79 Å². The van der Waals surface area contributed by atoms with Crippen LogP contribution >= 0.6 is 12.2 Å². The molecular formula is C30H31N5O2S. The zero-order valence-electron chi connectivity index (χ0n) is 21.7. The summed E-state index contributed by atoms with van der Waals surface area (Å²) < 4.78 is 7.70. The first-order valence-electron chi connectivity index (χ1n) is 12.6. The molecule has 0 bridgehead atoms. The molecule has 2 atom stereocenters. The van der Waals surface area contributed by atoms with E-state index in [2.05, 4.69) is 51.1 Å². The Balaban J connectivity index is 1.48. The number of carbonyl (C=O) groups is 1. The molecule has 2 aromatic carbocycles. The molecule has 2 N–H and O–H groups in total. The van der Waals surface area contributed by atoms with Crippen LogP contribution < -0.4 is 15.4 Å². The van der Waals surface area contributed by atoms with Crippen molar-refractivity contribution in [1.29, 1.82) is 0 Å². The maximum Gasteiger partial charge on any atom is 0.226 e. The second kappa shape index (κ2) is 11.1. The van der Waals surface area contributed by atoms with Crippen LogP contribution in [-0.4, -0.2) is 39.1 Å². The van der Waals surface area contributed by atoms with Crippen molar-refractivity contribution >= 4 is 28.9 Å². The Morgan fingerprint density at radius 3 is 2.58 bits per heavy atom. The summed E-state index contributed by atoms with van der Waals surface area (Å²) in [7, 11) is 1.67. The van der Waals surface area contributed by atoms with Crippen molar-refractivity contribution < 1.29 is 9.53 Å². The Morgan fingerprint density at radius 2 is 1.84 bits per heavy atom. The van der Waals surface area contributed by atoms with Crippen molar-refractivity contribution in [3.63, 3.8) is 0 Å². The van der Waals surface area contributed by atoms with Gasteiger partial charge in [0, 0.05) is 48.0 Å². The number of nitrogens with zero attached hydrogens (tertiary/aromatic N) is 3. The number of rotatable bonds is 8. The van der Waals surface area contributed by atoms with E-state index >= 15 is 0 Å². The molecule has 0 unspecified atom stereocenters. The predicted molar refractivity (Wildman–Crippen MR) is 154 cm³/mol. The third kappa shape index (κ3) is 5.13. The number of anilines is 1. The standard InChI is InChI=1S/C30H31N5O2S/c1-20-18-25(21(2)35(20)23-12-9-13-24(19-23)37-3)29-28(26-14-7-8-16-31-26)33-30(38)34(29)17-15-27(36)32-22-10-5-4-6-11-22/h4-14,16,18-19,28-29H,15,17H2,1-3H3,(H,32,36)(H,33,38)/t28-,29+/m0/s1. The van der Waals surface area contributed by atoms with Gasteiger partial charge in [-0.05, 0) is 74.1 Å². The monoisotopic (exact) mass is 525 g/mol. The molecule has 0 aliphatic carbocycles. The number of carbonyl (C=O) groups excluding carboxylic acids is 1. The van der Waals surface area contributed by atoms with E-state index in [1.54, 1.807) is 13.3 Å². The van der Waals surface area contributed by atoms with Gasteiger partial charge in [-0.15, -0.1) is 0 Å². The molecule has 8 heteroatoms. The molecule has 0 radical (unpaired) electrons. The lowest BCUT2D eigenvalue weighted by atomic mass is 9.96. The van der Waals surface area contributed by atoms with Crippen molar-refractivity contribution in [2.45, 2.75) is 32.4 Å². The molecule has 7 nitrogen and oxygen atoms in total. The second-order valence-electron chi connectivity index (χ2n) is 9.35. The lowest BCUT2D eigenvalue weighted by molar-refractivity contribution is -0.116. The van der Waals surface area contributed by atoms with Gasteiger partial charge >= 0.3 is 0 Å². The van der Waals surface area contributed by atoms with Crippen molar-refractivity contribution in [3.8, 4) is 11.4 Å². The van der Waals surface area contributed by atoms with Crippen LogP contribution in [0.5, 0.6) is 5.75 Å². The number of aromatic nitrogens is 2. The summed E-state index contributed by atoms with van der Waals surface area (Å²) in [6, 6.07) is 25.4. The van der Waals surface area contributed by atoms with Crippen molar-refractivity contribution in [2.24, 2.45) is 0 Å². The van der Waals surface area contributed by atoms with Crippen LogP contribution in [0.3, 0.4) is 0 Å². The van der Waals surface area contributed by atoms with Gasteiger partial charge in [-0.25, -0.2) is 0 Å². The normalized spacial score (nSPS) is 16.8. The van der Waals surface area contributed by atoms with Crippen LogP contribution in [0, 0.1) is 13.8 Å². The van der Waals surface area contributed by atoms with Crippen LogP contribution in [0.1, 0.15) is 41.1 Å². The van der Waals surface area contributed by atoms with E-state index in [0.717, 1.165) is 39.8 Å². The first-order valence-corrected chi connectivity index (χ1v) is 13.0. The minimum absolute atomic E-state index is 0.0547. The van der Waals surface area contributed by atoms with Gasteiger partial charge in [-0.2, -0.15) is 0 Å². The van der Waals surface area contributed by atoms with E-state index in [1.807, 2.05) is 66.7 Å². The zero-order chi connectivity index (χ0) is 26.6. The van der Waals surface area contributed by atoms with Gasteiger partial charge in [0.05, 0.1) is 24.9 Å². The average Bonchev–Trinajstić information content (AvgIpc) is 3.42. The molecule has 194 valence electrons. The first kappa shape index (κ1) is 25.5. The Kier molecular flexibility index (Phi) is 7.42. The van der Waals surface area contributed by atoms with Crippen LogP contribution in [0.25, 0.3) is 5.69 Å². The van der Waals surface area contributed by atoms with Crippen LogP contribution in [0.15, 0.2) is 85.1 Å². The number of nitrogens with one attached hydrogen (secondary N) is 2. The molecule has 5 rings (SSSR count). The number of methoxy groups -OCH3 is 1. The summed E-state index contributed by atoms with van der Waals surface area (Å²) in [4.78, 5) is 19.6. The highest BCUT2D eigenvalue weighted by Gasteiger charge is 2.41. The minimum Gasteiger partial charge on any atom is -0.497 e. The number of benzene rings is 2. The number of hydrogen-bond donors (Lipinski definition) is 2. The first-order chi connectivity index (χ1) is 18.5. The van der Waals surface area contributed by atoms with E-state index in [0.29, 0.717) is 18.1 Å². The summed E-state index contributed by atoms with van der Waals surface area (Å²) >= 11 is 5.82. The summed E-state index contributed by atoms with van der Waals surface area (Å²) in [6.07, 6.45) is 2.10. The van der Waals surface area contributed by atoms with Crippen LogP contribution in [0.2, 0.25) is 0 Å². The summed E-state index contributed by atoms with van der Waals surface area (Å²) in [5.41, 5.74) is 6.06. The SMILES string of the molecule is COc1cccc(-n2c(C)cc([C@@H]3[C@H](c4ccccn4)NC(=S)N3CCC(=O)Nc3ccccc3)c2C)c1. The lowest BCUT2D eigenvalue weighted by Crippen LogP contribution is -2.32. The van der Waals surface area contributed by atoms with Gasteiger partial charge in [-0.1, -0.05) is 30.3 Å². The van der Waals surface area contributed by atoms with Crippen molar-refractivity contribution in [1.82, 2.24) is 19.8 Å². The predicted octanol–water partition coefficient (Wildman–Crippen LogP) is 5.50. The maximum atomic E-state index is 12.8. The molecule has 3 heterocycles. The summed E-state index contributed by atoms with van der Waals surface area (Å²) in [6.45, 7) is 4.70. The summed E-state index contributed by atoms with van der Waals surface area (Å²) in [5, 5.41) is 7.08. The fourth-order valence-corrected chi connectivity index (χ4v) is 5.52. The number of amides is 1. The highest BCUT2D eigenvalue weighted by atomic mass is 32.1. The average molecular weight is 526 g/mol. The Hall–Kier alpha value is -4.17. The molecule has 1 aliphatic heterocycles. The van der Waals surface area contributed by atoms with Gasteiger partial charge in [-0.3, -0.25) is 9.78 Å². The molecule has 4 aromatic rings. The number of pyridine rings is 1. The van der Waals surface area contributed by atoms with Gasteiger partial charge < -0.3 is 24.8 Å². The third-order valence-electron chi connectivity index (χ3n) is 6.94. The van der Waals surface area contributed by atoms with Gasteiger partial charge in [0.25, 0.3) is 0 Å². The zero-order valence-corrected chi connectivity index (χ0v) is 22.5. The fraction of sp³-hybridized carbons (Fsp3) is 0.233. The van der Waals surface area contributed by atoms with E-state index in [1.165, 1.54) is 0 Å². The number of hydrogen-bond acceptors (Lipinski definition) is 4. The highest BCUT2D eigenvalue weighted by molar-refractivity contribution is 7.80. The number of aryl methyl sites for hydroxylation is 1. The molecule has 1 aliphatic rings. The fourth-order valence-electron chi connectivity index (χ4n) is 5.19. The largest absolute Gasteiger partial charge is 0.497 e. The smallest absolute Gasteiger partial charge is 0.226 e. The summed E-state index contributed by atoms with van der Waals surface area (Å²) in [5.74, 6) is 0.749. The molecule has 0 saturated carbocycles. The number of ether oxygens (including phenoxy) is 1.